The molecule has 0 fully saturated rings. The van der Waals surface area contributed by atoms with E-state index in [1.54, 1.807) is 0 Å². The van der Waals surface area contributed by atoms with E-state index in [0.717, 1.165) is 30.2 Å². The lowest BCUT2D eigenvalue weighted by Gasteiger charge is -2.04. The van der Waals surface area contributed by atoms with Crippen molar-refractivity contribution >= 4 is 10.8 Å². The van der Waals surface area contributed by atoms with Gasteiger partial charge >= 0.3 is 0 Å². The molecule has 1 N–H and O–H groups in total. The topological polar surface area (TPSA) is 42.2 Å². The Kier molecular flexibility index (Phi) is 5.56. The molecule has 0 saturated carbocycles. The quantitative estimate of drug-likeness (QED) is 0.852. The molecule has 0 aliphatic carbocycles. The highest BCUT2D eigenvalue weighted by molar-refractivity contribution is 7.83. The fraction of sp³-hybridized carbons (Fsp3) is 0.375. The van der Waals surface area contributed by atoms with Crippen LogP contribution in [0.2, 0.25) is 0 Å². The van der Waals surface area contributed by atoms with E-state index in [-0.39, 0.29) is 0 Å². The van der Waals surface area contributed by atoms with Crippen molar-refractivity contribution in [1.82, 2.24) is 5.32 Å². The zero-order chi connectivity index (χ0) is 14.4. The SMILES string of the molecule is CCNCc1ccc(CS(=O)Cc2ccccc2C)o1. The molecule has 1 aromatic heterocycles. The Labute approximate surface area is 122 Å². The largest absolute Gasteiger partial charge is 0.464 e. The lowest BCUT2D eigenvalue weighted by molar-refractivity contribution is 0.461. The molecule has 1 heterocycles. The van der Waals surface area contributed by atoms with Crippen LogP contribution in [0.3, 0.4) is 0 Å². The van der Waals surface area contributed by atoms with Gasteiger partial charge in [-0.25, -0.2) is 0 Å². The second-order valence-electron chi connectivity index (χ2n) is 4.80. The summed E-state index contributed by atoms with van der Waals surface area (Å²) in [6.45, 7) is 5.74. The first-order valence-electron chi connectivity index (χ1n) is 6.87. The zero-order valence-electron chi connectivity index (χ0n) is 12.0. The predicted octanol–water partition coefficient (Wildman–Crippen LogP) is 3.15. The lowest BCUT2D eigenvalue weighted by Crippen LogP contribution is -2.10. The van der Waals surface area contributed by atoms with Gasteiger partial charge in [-0.15, -0.1) is 0 Å². The average molecular weight is 291 g/mol. The molecule has 1 aromatic carbocycles. The van der Waals surface area contributed by atoms with Gasteiger partial charge < -0.3 is 9.73 Å². The molecule has 0 spiro atoms. The molecule has 20 heavy (non-hydrogen) atoms. The molecule has 2 aromatic rings. The number of furan rings is 1. The van der Waals surface area contributed by atoms with Crippen LogP contribution < -0.4 is 5.32 Å². The molecule has 3 nitrogen and oxygen atoms in total. The van der Waals surface area contributed by atoms with E-state index in [9.17, 15) is 4.21 Å². The summed E-state index contributed by atoms with van der Waals surface area (Å²) in [5, 5.41) is 3.21. The van der Waals surface area contributed by atoms with Crippen molar-refractivity contribution in [3.8, 4) is 0 Å². The predicted molar refractivity (Wildman–Crippen MR) is 82.8 cm³/mol. The van der Waals surface area contributed by atoms with Crippen LogP contribution in [0.1, 0.15) is 29.6 Å². The smallest absolute Gasteiger partial charge is 0.118 e. The van der Waals surface area contributed by atoms with Crippen LogP contribution in [0, 0.1) is 6.92 Å². The van der Waals surface area contributed by atoms with E-state index in [0.29, 0.717) is 11.5 Å². The summed E-state index contributed by atoms with van der Waals surface area (Å²) in [6, 6.07) is 11.9. The van der Waals surface area contributed by atoms with Crippen LogP contribution in [-0.2, 0) is 28.9 Å². The number of aryl methyl sites for hydroxylation is 1. The summed E-state index contributed by atoms with van der Waals surface area (Å²) in [5.74, 6) is 2.75. The molecule has 1 unspecified atom stereocenters. The van der Waals surface area contributed by atoms with E-state index in [1.807, 2.05) is 43.3 Å². The third-order valence-corrected chi connectivity index (χ3v) is 4.39. The molecule has 108 valence electrons. The van der Waals surface area contributed by atoms with Crippen molar-refractivity contribution in [3.63, 3.8) is 0 Å². The van der Waals surface area contributed by atoms with Crippen molar-refractivity contribution in [3.05, 3.63) is 59.0 Å². The third-order valence-electron chi connectivity index (χ3n) is 3.15. The van der Waals surface area contributed by atoms with E-state index >= 15 is 0 Å². The van der Waals surface area contributed by atoms with Gasteiger partial charge in [-0.1, -0.05) is 31.2 Å². The van der Waals surface area contributed by atoms with Gasteiger partial charge in [0.25, 0.3) is 0 Å². The van der Waals surface area contributed by atoms with Crippen LogP contribution in [0.25, 0.3) is 0 Å². The Morgan fingerprint density at radius 3 is 2.60 bits per heavy atom. The monoisotopic (exact) mass is 291 g/mol. The van der Waals surface area contributed by atoms with Gasteiger partial charge in [0.2, 0.25) is 0 Å². The Morgan fingerprint density at radius 2 is 1.85 bits per heavy atom. The highest BCUT2D eigenvalue weighted by Gasteiger charge is 2.08. The van der Waals surface area contributed by atoms with Crippen molar-refractivity contribution in [2.24, 2.45) is 0 Å². The van der Waals surface area contributed by atoms with E-state index < -0.39 is 10.8 Å². The molecule has 0 bridgehead atoms. The van der Waals surface area contributed by atoms with Gasteiger partial charge in [0.15, 0.2) is 0 Å². The van der Waals surface area contributed by atoms with E-state index in [1.165, 1.54) is 5.56 Å². The molecule has 0 radical (unpaired) electrons. The third kappa shape index (κ3) is 4.32. The maximum atomic E-state index is 12.2. The summed E-state index contributed by atoms with van der Waals surface area (Å²) in [5.41, 5.74) is 2.33. The molecular formula is C16H21NO2S. The molecule has 0 aliphatic heterocycles. The molecule has 4 heteroatoms. The molecule has 0 saturated heterocycles. The summed E-state index contributed by atoms with van der Waals surface area (Å²) < 4.78 is 17.9. The number of hydrogen-bond acceptors (Lipinski definition) is 3. The zero-order valence-corrected chi connectivity index (χ0v) is 12.8. The van der Waals surface area contributed by atoms with Crippen LogP contribution in [0.15, 0.2) is 40.8 Å². The number of nitrogens with one attached hydrogen (secondary N) is 1. The van der Waals surface area contributed by atoms with Crippen molar-refractivity contribution in [2.45, 2.75) is 31.9 Å². The maximum absolute atomic E-state index is 12.2. The summed E-state index contributed by atoms with van der Waals surface area (Å²) in [4.78, 5) is 0. The van der Waals surface area contributed by atoms with Crippen LogP contribution in [0.4, 0.5) is 0 Å². The number of hydrogen-bond donors (Lipinski definition) is 1. The van der Waals surface area contributed by atoms with Crippen LogP contribution in [0.5, 0.6) is 0 Å². The Bertz CT molecular complexity index is 577. The minimum absolute atomic E-state index is 0.473. The molecule has 0 aliphatic rings. The fourth-order valence-corrected chi connectivity index (χ4v) is 3.24. The van der Waals surface area contributed by atoms with Gasteiger partial charge in [-0.3, -0.25) is 4.21 Å². The average Bonchev–Trinajstić information content (AvgIpc) is 2.86. The summed E-state index contributed by atoms with van der Waals surface area (Å²) in [7, 11) is -0.939. The van der Waals surface area contributed by atoms with Crippen LogP contribution >= 0.6 is 0 Å². The minimum atomic E-state index is -0.939. The summed E-state index contributed by atoms with van der Waals surface area (Å²) >= 11 is 0. The van der Waals surface area contributed by atoms with Gasteiger partial charge in [0.1, 0.15) is 11.5 Å². The molecule has 0 amide bonds. The van der Waals surface area contributed by atoms with Crippen molar-refractivity contribution in [2.75, 3.05) is 6.54 Å². The summed E-state index contributed by atoms with van der Waals surface area (Å²) in [6.07, 6.45) is 0. The minimum Gasteiger partial charge on any atom is -0.464 e. The van der Waals surface area contributed by atoms with E-state index in [4.69, 9.17) is 4.42 Å². The molecule has 2 rings (SSSR count). The van der Waals surface area contributed by atoms with Gasteiger partial charge in [-0.2, -0.15) is 0 Å². The normalized spacial score (nSPS) is 12.5. The molecule has 1 atom stereocenters. The Balaban J connectivity index is 1.91. The fourth-order valence-electron chi connectivity index (χ4n) is 2.00. The standard InChI is InChI=1S/C16H21NO2S/c1-3-17-10-15-8-9-16(19-15)12-20(18)11-14-7-5-4-6-13(14)2/h4-9,17H,3,10-12H2,1-2H3. The maximum Gasteiger partial charge on any atom is 0.118 e. The highest BCUT2D eigenvalue weighted by Crippen LogP contribution is 2.14. The first-order valence-corrected chi connectivity index (χ1v) is 8.35. The Hall–Kier alpha value is -1.39. The van der Waals surface area contributed by atoms with Gasteiger partial charge in [0, 0.05) is 16.6 Å². The number of rotatable bonds is 7. The second kappa shape index (κ2) is 7.41. The van der Waals surface area contributed by atoms with Crippen molar-refractivity contribution in [1.29, 1.82) is 0 Å². The molecular weight excluding hydrogens is 270 g/mol. The van der Waals surface area contributed by atoms with Gasteiger partial charge in [0.05, 0.1) is 12.3 Å². The second-order valence-corrected chi connectivity index (χ2v) is 6.26. The highest BCUT2D eigenvalue weighted by atomic mass is 32.2. The van der Waals surface area contributed by atoms with Gasteiger partial charge in [-0.05, 0) is 36.7 Å². The van der Waals surface area contributed by atoms with E-state index in [2.05, 4.69) is 12.2 Å². The first-order chi connectivity index (χ1) is 9.69. The van der Waals surface area contributed by atoms with Crippen LogP contribution in [-0.4, -0.2) is 10.8 Å². The Morgan fingerprint density at radius 1 is 1.10 bits per heavy atom. The number of benzene rings is 1. The lowest BCUT2D eigenvalue weighted by atomic mass is 10.1. The first kappa shape index (κ1) is 15.0. The van der Waals surface area contributed by atoms with Crippen molar-refractivity contribution < 1.29 is 8.63 Å².